The third kappa shape index (κ3) is 1.65. The van der Waals surface area contributed by atoms with E-state index in [9.17, 15) is 0 Å². The van der Waals surface area contributed by atoms with Crippen LogP contribution in [0.1, 0.15) is 25.3 Å². The number of nitrogens with zero attached hydrogens (tertiary/aromatic N) is 1. The molecule has 1 atom stereocenters. The van der Waals surface area contributed by atoms with Gasteiger partial charge in [0.2, 0.25) is 0 Å². The van der Waals surface area contributed by atoms with Crippen LogP contribution in [0.3, 0.4) is 0 Å². The highest BCUT2D eigenvalue weighted by atomic mass is 79.9. The molecule has 0 amide bonds. The maximum Gasteiger partial charge on any atom is 0.0662 e. The highest BCUT2D eigenvalue weighted by Crippen LogP contribution is 2.44. The minimum absolute atomic E-state index is 0.0858. The lowest BCUT2D eigenvalue weighted by atomic mass is 9.89. The summed E-state index contributed by atoms with van der Waals surface area (Å²) < 4.78 is 0.0858. The van der Waals surface area contributed by atoms with Crippen LogP contribution >= 0.6 is 15.9 Å². The molecule has 0 aromatic heterocycles. The highest BCUT2D eigenvalue weighted by Gasteiger charge is 2.41. The third-order valence-corrected chi connectivity index (χ3v) is 3.94. The molecular weight excluding hydrogens is 250 g/mol. The molecule has 0 saturated heterocycles. The fourth-order valence-electron chi connectivity index (χ4n) is 2.34. The number of fused-ring (bicyclic) bond motifs is 1. The van der Waals surface area contributed by atoms with Gasteiger partial charge in [0.1, 0.15) is 0 Å². The molecule has 2 aliphatic rings. The van der Waals surface area contributed by atoms with Gasteiger partial charge in [-0.05, 0) is 43.7 Å². The van der Waals surface area contributed by atoms with Crippen molar-refractivity contribution in [3.63, 3.8) is 0 Å². The predicted molar refractivity (Wildman–Crippen MR) is 67.3 cm³/mol. The molecule has 1 aliphatic heterocycles. The summed E-state index contributed by atoms with van der Waals surface area (Å²) in [6.07, 6.45) is 3.71. The maximum atomic E-state index is 4.83. The fourth-order valence-corrected chi connectivity index (χ4v) is 3.05. The molecule has 1 aromatic rings. The van der Waals surface area contributed by atoms with Gasteiger partial charge in [0.25, 0.3) is 0 Å². The summed E-state index contributed by atoms with van der Waals surface area (Å²) in [5.74, 6) is 0.739. The molecule has 1 saturated carbocycles. The number of halogens is 1. The Morgan fingerprint density at radius 3 is 2.80 bits per heavy atom. The van der Waals surface area contributed by atoms with Gasteiger partial charge < -0.3 is 0 Å². The van der Waals surface area contributed by atoms with Crippen molar-refractivity contribution in [3.8, 4) is 0 Å². The lowest BCUT2D eigenvalue weighted by Gasteiger charge is -2.30. The molecule has 1 fully saturated rings. The Labute approximate surface area is 98.7 Å². The number of alkyl halides is 1. The van der Waals surface area contributed by atoms with Gasteiger partial charge in [-0.3, -0.25) is 4.99 Å². The van der Waals surface area contributed by atoms with Gasteiger partial charge in [-0.2, -0.15) is 0 Å². The Balaban J connectivity index is 2.10. The average Bonchev–Trinajstić information content (AvgIpc) is 2.99. The zero-order valence-electron chi connectivity index (χ0n) is 8.83. The molecule has 1 heterocycles. The van der Waals surface area contributed by atoms with E-state index in [4.69, 9.17) is 4.99 Å². The summed E-state index contributed by atoms with van der Waals surface area (Å²) in [6.45, 7) is 2.25. The van der Waals surface area contributed by atoms with Gasteiger partial charge in [-0.1, -0.05) is 34.1 Å². The molecule has 0 bridgehead atoms. The second kappa shape index (κ2) is 3.18. The van der Waals surface area contributed by atoms with E-state index in [1.165, 1.54) is 29.8 Å². The lowest BCUT2D eigenvalue weighted by molar-refractivity contribution is 0.794. The molecule has 1 nitrogen and oxygen atoms in total. The first kappa shape index (κ1) is 9.59. The Bertz CT molecular complexity index is 430. The summed E-state index contributed by atoms with van der Waals surface area (Å²) in [6, 6.07) is 8.48. The van der Waals surface area contributed by atoms with Crippen LogP contribution in [0.25, 0.3) is 0 Å². The lowest BCUT2D eigenvalue weighted by Crippen LogP contribution is -2.34. The zero-order valence-corrected chi connectivity index (χ0v) is 10.4. The summed E-state index contributed by atoms with van der Waals surface area (Å²) >= 11 is 3.84. The van der Waals surface area contributed by atoms with Crippen molar-refractivity contribution in [2.24, 2.45) is 10.9 Å². The van der Waals surface area contributed by atoms with Gasteiger partial charge >= 0.3 is 0 Å². The zero-order chi connectivity index (χ0) is 10.5. The molecule has 1 unspecified atom stereocenters. The maximum absolute atomic E-state index is 4.83. The van der Waals surface area contributed by atoms with Crippen molar-refractivity contribution in [1.82, 2.24) is 0 Å². The van der Waals surface area contributed by atoms with Crippen LogP contribution in [0.15, 0.2) is 29.3 Å². The Morgan fingerprint density at radius 2 is 2.07 bits per heavy atom. The molecule has 15 heavy (non-hydrogen) atoms. The first-order valence-corrected chi connectivity index (χ1v) is 6.32. The van der Waals surface area contributed by atoms with E-state index in [0.29, 0.717) is 0 Å². The van der Waals surface area contributed by atoms with Crippen LogP contribution in [0, 0.1) is 5.92 Å². The summed E-state index contributed by atoms with van der Waals surface area (Å²) in [5.41, 5.74) is 3.90. The molecular formula is C13H14BrN. The third-order valence-electron chi connectivity index (χ3n) is 3.25. The van der Waals surface area contributed by atoms with Crippen LogP contribution in [0.2, 0.25) is 0 Å². The van der Waals surface area contributed by atoms with E-state index in [2.05, 4.69) is 47.1 Å². The fraction of sp³-hybridized carbons (Fsp3) is 0.462. The van der Waals surface area contributed by atoms with Crippen molar-refractivity contribution in [1.29, 1.82) is 0 Å². The first-order chi connectivity index (χ1) is 7.17. The minimum atomic E-state index is 0.0858. The molecule has 1 aromatic carbocycles. The second-order valence-electron chi connectivity index (χ2n) is 4.77. The quantitative estimate of drug-likeness (QED) is 0.682. The Kier molecular flexibility index (Phi) is 2.03. The topological polar surface area (TPSA) is 12.4 Å². The van der Waals surface area contributed by atoms with Crippen LogP contribution < -0.4 is 0 Å². The minimum Gasteiger partial charge on any atom is -0.256 e. The van der Waals surface area contributed by atoms with Crippen molar-refractivity contribution >= 4 is 27.3 Å². The normalized spacial score (nSPS) is 29.6. The van der Waals surface area contributed by atoms with Crippen LogP contribution in [0.5, 0.6) is 0 Å². The van der Waals surface area contributed by atoms with Gasteiger partial charge in [-0.15, -0.1) is 0 Å². The second-order valence-corrected chi connectivity index (χ2v) is 6.52. The standard InChI is InChI=1S/C13H14BrN/c1-13(14)8-10-4-2-3-5-11(10)15-12(13)9-6-7-9/h2-5,9H,6-8H2,1H3. The van der Waals surface area contributed by atoms with E-state index < -0.39 is 0 Å². The average molecular weight is 264 g/mol. The smallest absolute Gasteiger partial charge is 0.0662 e. The number of rotatable bonds is 1. The van der Waals surface area contributed by atoms with Crippen LogP contribution in [-0.4, -0.2) is 10.0 Å². The number of hydrogen-bond acceptors (Lipinski definition) is 1. The van der Waals surface area contributed by atoms with Crippen LogP contribution in [-0.2, 0) is 6.42 Å². The first-order valence-electron chi connectivity index (χ1n) is 5.53. The summed E-state index contributed by atoms with van der Waals surface area (Å²) in [7, 11) is 0. The molecule has 1 aliphatic carbocycles. The Hall–Kier alpha value is -0.630. The van der Waals surface area contributed by atoms with Crippen molar-refractivity contribution < 1.29 is 0 Å². The van der Waals surface area contributed by atoms with Gasteiger partial charge in [0.05, 0.1) is 10.0 Å². The number of para-hydroxylation sites is 1. The van der Waals surface area contributed by atoms with Gasteiger partial charge in [0, 0.05) is 5.71 Å². The number of hydrogen-bond donors (Lipinski definition) is 0. The van der Waals surface area contributed by atoms with Crippen molar-refractivity contribution in [3.05, 3.63) is 29.8 Å². The molecule has 0 spiro atoms. The van der Waals surface area contributed by atoms with Crippen molar-refractivity contribution in [2.75, 3.05) is 0 Å². The highest BCUT2D eigenvalue weighted by molar-refractivity contribution is 9.10. The van der Waals surface area contributed by atoms with E-state index >= 15 is 0 Å². The largest absolute Gasteiger partial charge is 0.256 e. The Morgan fingerprint density at radius 1 is 1.33 bits per heavy atom. The molecule has 3 rings (SSSR count). The number of benzene rings is 1. The molecule has 0 N–H and O–H groups in total. The van der Waals surface area contributed by atoms with Crippen molar-refractivity contribution in [2.45, 2.75) is 30.5 Å². The predicted octanol–water partition coefficient (Wildman–Crippen LogP) is 3.88. The monoisotopic (exact) mass is 263 g/mol. The summed E-state index contributed by atoms with van der Waals surface area (Å²) in [5, 5.41) is 0. The van der Waals surface area contributed by atoms with E-state index in [-0.39, 0.29) is 4.32 Å². The van der Waals surface area contributed by atoms with Gasteiger partial charge in [-0.25, -0.2) is 0 Å². The number of aliphatic imine (C=N–C) groups is 1. The van der Waals surface area contributed by atoms with Gasteiger partial charge in [0.15, 0.2) is 0 Å². The molecule has 78 valence electrons. The SMILES string of the molecule is CC1(Br)Cc2ccccc2N=C1C1CC1. The van der Waals surface area contributed by atoms with Crippen LogP contribution in [0.4, 0.5) is 5.69 Å². The van der Waals surface area contributed by atoms with E-state index in [1.54, 1.807) is 0 Å². The van der Waals surface area contributed by atoms with E-state index in [1.807, 2.05) is 0 Å². The summed E-state index contributed by atoms with van der Waals surface area (Å²) in [4.78, 5) is 4.83. The van der Waals surface area contributed by atoms with E-state index in [0.717, 1.165) is 12.3 Å². The molecule has 2 heteroatoms. The molecule has 0 radical (unpaired) electrons.